The Hall–Kier alpha value is -4.72. The molecule has 2 aromatic heterocycles. The molecule has 5 aromatic rings. The van der Waals surface area contributed by atoms with Crippen LogP contribution in [-0.4, -0.2) is 26.6 Å². The molecule has 2 aliphatic heterocycles. The summed E-state index contributed by atoms with van der Waals surface area (Å²) in [7, 11) is 0. The molecule has 0 saturated carbocycles. The average molecular weight is 522 g/mol. The molecule has 0 aliphatic carbocycles. The van der Waals surface area contributed by atoms with Gasteiger partial charge in [-0.1, -0.05) is 42.5 Å². The number of rotatable bonds is 5. The summed E-state index contributed by atoms with van der Waals surface area (Å²) >= 11 is 0. The number of nitrogens with zero attached hydrogens (tertiary/aromatic N) is 3. The smallest absolute Gasteiger partial charge is 0.272 e. The maximum atomic E-state index is 14.0. The zero-order valence-electron chi connectivity index (χ0n) is 21.0. The lowest BCUT2D eigenvalue weighted by Gasteiger charge is -2.24. The monoisotopic (exact) mass is 521 g/mol. The van der Waals surface area contributed by atoms with Gasteiger partial charge in [0.1, 0.15) is 23.1 Å². The number of halogens is 2. The molecule has 2 N–H and O–H groups in total. The summed E-state index contributed by atoms with van der Waals surface area (Å²) in [4.78, 5) is 18.5. The minimum Gasteiger partial charge on any atom is -0.369 e. The molecular formula is C31H25F2N5O. The number of allylic oxidation sites excluding steroid dienone is 1. The number of aromatic nitrogens is 3. The molecule has 194 valence electrons. The summed E-state index contributed by atoms with van der Waals surface area (Å²) in [6.45, 7) is 1.69. The van der Waals surface area contributed by atoms with E-state index in [4.69, 9.17) is 4.98 Å². The number of fused-ring (bicyclic) bond motifs is 4. The molecule has 3 aromatic carbocycles. The lowest BCUT2D eigenvalue weighted by Crippen LogP contribution is -2.25. The summed E-state index contributed by atoms with van der Waals surface area (Å²) in [5.41, 5.74) is 4.66. The van der Waals surface area contributed by atoms with E-state index >= 15 is 0 Å². The first-order valence-corrected chi connectivity index (χ1v) is 13.0. The van der Waals surface area contributed by atoms with E-state index in [-0.39, 0.29) is 24.1 Å². The molecule has 0 bridgehead atoms. The minimum atomic E-state index is -0.384. The van der Waals surface area contributed by atoms with Crippen LogP contribution in [0.1, 0.15) is 39.1 Å². The van der Waals surface area contributed by atoms with Gasteiger partial charge in [0, 0.05) is 42.9 Å². The maximum absolute atomic E-state index is 14.0. The van der Waals surface area contributed by atoms with Crippen molar-refractivity contribution in [1.29, 1.82) is 0 Å². The van der Waals surface area contributed by atoms with E-state index < -0.39 is 0 Å². The molecule has 0 saturated heterocycles. The number of carbonyl (C=O) groups excluding carboxylic acids is 1. The second kappa shape index (κ2) is 9.23. The van der Waals surface area contributed by atoms with Gasteiger partial charge in [-0.15, -0.1) is 0 Å². The summed E-state index contributed by atoms with van der Waals surface area (Å²) < 4.78 is 31.8. The van der Waals surface area contributed by atoms with Crippen LogP contribution in [0, 0.1) is 11.6 Å². The van der Waals surface area contributed by atoms with Crippen LogP contribution in [0.25, 0.3) is 16.6 Å². The Kier molecular flexibility index (Phi) is 5.54. The van der Waals surface area contributed by atoms with Gasteiger partial charge in [-0.2, -0.15) is 0 Å². The average Bonchev–Trinajstić information content (AvgIpc) is 3.61. The highest BCUT2D eigenvalue weighted by Gasteiger charge is 2.30. The van der Waals surface area contributed by atoms with Gasteiger partial charge in [-0.3, -0.25) is 4.79 Å². The standard InChI is InChI=1S/C31H25F2N5O/c32-23-8-4-5-19(13-23)18-38-27-10-9-24(33)14-21(27)16-28(38)31(39)36-25-11-12-37-29-26(35-30(25)37)15-22(17-34-29)20-6-2-1-3-7-20/h1-11,13-14,16,22,34H,12,15,17-18H2,(H,36,39). The fourth-order valence-corrected chi connectivity index (χ4v) is 5.70. The fraction of sp³-hybridized carbons (Fsp3) is 0.161. The largest absolute Gasteiger partial charge is 0.369 e. The normalized spacial score (nSPS) is 15.9. The first kappa shape index (κ1) is 23.4. The second-order valence-electron chi connectivity index (χ2n) is 10.1. The van der Waals surface area contributed by atoms with Crippen molar-refractivity contribution in [2.45, 2.75) is 25.4 Å². The van der Waals surface area contributed by atoms with Crippen LogP contribution in [0.15, 0.2) is 84.9 Å². The van der Waals surface area contributed by atoms with Crippen LogP contribution in [0.5, 0.6) is 0 Å². The van der Waals surface area contributed by atoms with E-state index in [0.29, 0.717) is 46.1 Å². The number of nitrogens with one attached hydrogen (secondary N) is 2. The Morgan fingerprint density at radius 1 is 1.00 bits per heavy atom. The van der Waals surface area contributed by atoms with Gasteiger partial charge in [0.15, 0.2) is 5.82 Å². The molecule has 0 fully saturated rings. The SMILES string of the molecule is O=C(NC1=CCn2c1nc1c2NCC(c2ccccc2)C1)c1cc2cc(F)ccc2n1Cc1cccc(F)c1. The van der Waals surface area contributed by atoms with Crippen LogP contribution >= 0.6 is 0 Å². The van der Waals surface area contributed by atoms with Gasteiger partial charge in [-0.25, -0.2) is 13.8 Å². The topological polar surface area (TPSA) is 63.9 Å². The molecule has 0 radical (unpaired) electrons. The number of anilines is 1. The van der Waals surface area contributed by atoms with Crippen molar-refractivity contribution in [3.63, 3.8) is 0 Å². The lowest BCUT2D eigenvalue weighted by molar-refractivity contribution is 0.0965. The van der Waals surface area contributed by atoms with Crippen molar-refractivity contribution >= 4 is 28.3 Å². The number of amides is 1. The van der Waals surface area contributed by atoms with Crippen molar-refractivity contribution in [2.24, 2.45) is 0 Å². The summed E-state index contributed by atoms with van der Waals surface area (Å²) in [5, 5.41) is 7.19. The molecule has 1 amide bonds. The van der Waals surface area contributed by atoms with Gasteiger partial charge in [-0.05, 0) is 53.6 Å². The Labute approximate surface area is 223 Å². The van der Waals surface area contributed by atoms with Crippen molar-refractivity contribution in [3.05, 3.63) is 125 Å². The molecule has 0 spiro atoms. The van der Waals surface area contributed by atoms with E-state index in [2.05, 4.69) is 39.5 Å². The number of carbonyl (C=O) groups is 1. The van der Waals surface area contributed by atoms with Crippen molar-refractivity contribution < 1.29 is 13.6 Å². The molecule has 4 heterocycles. The third-order valence-corrected chi connectivity index (χ3v) is 7.56. The van der Waals surface area contributed by atoms with Crippen molar-refractivity contribution in [3.8, 4) is 0 Å². The molecule has 2 aliphatic rings. The van der Waals surface area contributed by atoms with Crippen LogP contribution in [0.4, 0.5) is 14.6 Å². The predicted molar refractivity (Wildman–Crippen MR) is 146 cm³/mol. The Balaban J connectivity index is 1.18. The molecular weight excluding hydrogens is 496 g/mol. The summed E-state index contributed by atoms with van der Waals surface area (Å²) in [6.07, 6.45) is 2.77. The zero-order valence-corrected chi connectivity index (χ0v) is 21.0. The van der Waals surface area contributed by atoms with E-state index in [1.165, 1.54) is 29.8 Å². The van der Waals surface area contributed by atoms with Crippen LogP contribution in [0.3, 0.4) is 0 Å². The first-order valence-electron chi connectivity index (χ1n) is 13.0. The van der Waals surface area contributed by atoms with Crippen LogP contribution in [-0.2, 0) is 19.5 Å². The van der Waals surface area contributed by atoms with Crippen LogP contribution < -0.4 is 10.6 Å². The van der Waals surface area contributed by atoms with E-state index in [1.807, 2.05) is 12.1 Å². The van der Waals surface area contributed by atoms with Crippen molar-refractivity contribution in [2.75, 3.05) is 11.9 Å². The first-order chi connectivity index (χ1) is 19.0. The highest BCUT2D eigenvalue weighted by atomic mass is 19.1. The Morgan fingerprint density at radius 2 is 1.85 bits per heavy atom. The van der Waals surface area contributed by atoms with E-state index in [1.54, 1.807) is 28.8 Å². The number of benzene rings is 3. The second-order valence-corrected chi connectivity index (χ2v) is 10.1. The highest BCUT2D eigenvalue weighted by molar-refractivity contribution is 6.02. The molecule has 1 atom stereocenters. The molecule has 6 nitrogen and oxygen atoms in total. The van der Waals surface area contributed by atoms with E-state index in [0.717, 1.165) is 24.5 Å². The molecule has 39 heavy (non-hydrogen) atoms. The number of imidazole rings is 1. The summed E-state index contributed by atoms with van der Waals surface area (Å²) in [6, 6.07) is 22.7. The number of hydrogen-bond donors (Lipinski definition) is 2. The lowest BCUT2D eigenvalue weighted by atomic mass is 9.92. The fourth-order valence-electron chi connectivity index (χ4n) is 5.70. The van der Waals surface area contributed by atoms with Gasteiger partial charge in [0.05, 0.1) is 11.4 Å². The maximum Gasteiger partial charge on any atom is 0.272 e. The van der Waals surface area contributed by atoms with E-state index in [9.17, 15) is 13.6 Å². The zero-order chi connectivity index (χ0) is 26.5. The van der Waals surface area contributed by atoms with Gasteiger partial charge < -0.3 is 19.8 Å². The van der Waals surface area contributed by atoms with Gasteiger partial charge in [0.2, 0.25) is 0 Å². The predicted octanol–water partition coefficient (Wildman–Crippen LogP) is 5.70. The Morgan fingerprint density at radius 3 is 2.69 bits per heavy atom. The van der Waals surface area contributed by atoms with Gasteiger partial charge in [0.25, 0.3) is 5.91 Å². The number of hydrogen-bond acceptors (Lipinski definition) is 3. The van der Waals surface area contributed by atoms with Gasteiger partial charge >= 0.3 is 0 Å². The quantitative estimate of drug-likeness (QED) is 0.312. The highest BCUT2D eigenvalue weighted by Crippen LogP contribution is 2.35. The molecule has 1 unspecified atom stereocenters. The molecule has 7 rings (SSSR count). The molecule has 8 heteroatoms. The van der Waals surface area contributed by atoms with Crippen LogP contribution in [0.2, 0.25) is 0 Å². The minimum absolute atomic E-state index is 0.266. The van der Waals surface area contributed by atoms with Crippen molar-refractivity contribution in [1.82, 2.24) is 19.4 Å². The third-order valence-electron chi connectivity index (χ3n) is 7.56. The Bertz CT molecular complexity index is 1770. The third kappa shape index (κ3) is 4.18. The summed E-state index contributed by atoms with van der Waals surface area (Å²) in [5.74, 6) is 0.969.